The highest BCUT2D eigenvalue weighted by molar-refractivity contribution is 6.32. The summed E-state index contributed by atoms with van der Waals surface area (Å²) < 4.78 is 10.8. The van der Waals surface area contributed by atoms with Gasteiger partial charge in [0.15, 0.2) is 6.61 Å². The Morgan fingerprint density at radius 1 is 1.26 bits per heavy atom. The van der Waals surface area contributed by atoms with Crippen LogP contribution in [0.25, 0.3) is 0 Å². The van der Waals surface area contributed by atoms with Crippen molar-refractivity contribution < 1.29 is 19.1 Å². The van der Waals surface area contributed by atoms with Gasteiger partial charge in [0.05, 0.1) is 5.02 Å². The smallest absolute Gasteiger partial charge is 0.255 e. The van der Waals surface area contributed by atoms with Crippen molar-refractivity contribution in [3.8, 4) is 23.3 Å². The normalized spacial score (nSPS) is 9.74. The van der Waals surface area contributed by atoms with Gasteiger partial charge in [0.1, 0.15) is 35.2 Å². The van der Waals surface area contributed by atoms with Crippen LogP contribution in [-0.4, -0.2) is 18.8 Å². The Morgan fingerprint density at radius 2 is 2.00 bits per heavy atom. The molecule has 0 saturated carbocycles. The predicted molar refractivity (Wildman–Crippen MR) is 82.8 cm³/mol. The average molecular weight is 331 g/mol. The maximum atomic E-state index is 10.8. The Hall–Kier alpha value is -3.04. The summed E-state index contributed by atoms with van der Waals surface area (Å²) in [5.41, 5.74) is 5.52. The van der Waals surface area contributed by atoms with Gasteiger partial charge in [-0.25, -0.2) is 0 Å². The molecule has 7 heteroatoms. The molecule has 2 rings (SSSR count). The molecule has 0 radical (unpaired) electrons. The number of halogens is 1. The lowest BCUT2D eigenvalue weighted by molar-refractivity contribution is -0.119. The third kappa shape index (κ3) is 3.99. The van der Waals surface area contributed by atoms with E-state index < -0.39 is 5.91 Å². The first-order valence-corrected chi connectivity index (χ1v) is 6.79. The zero-order valence-corrected chi connectivity index (χ0v) is 12.5. The van der Waals surface area contributed by atoms with Crippen molar-refractivity contribution >= 4 is 23.8 Å². The van der Waals surface area contributed by atoms with E-state index in [0.717, 1.165) is 0 Å². The van der Waals surface area contributed by atoms with Crippen molar-refractivity contribution in [2.24, 2.45) is 5.73 Å². The molecule has 0 aromatic heterocycles. The molecule has 0 aliphatic heterocycles. The monoisotopic (exact) mass is 330 g/mol. The molecule has 0 spiro atoms. The Bertz CT molecular complexity index is 799. The van der Waals surface area contributed by atoms with Gasteiger partial charge in [-0.3, -0.25) is 9.59 Å². The number of carbonyl (C=O) groups is 2. The van der Waals surface area contributed by atoms with Gasteiger partial charge in [0.25, 0.3) is 5.91 Å². The average Bonchev–Trinajstić information content (AvgIpc) is 2.54. The molecule has 0 unspecified atom stereocenters. The second-order valence-electron chi connectivity index (χ2n) is 4.41. The summed E-state index contributed by atoms with van der Waals surface area (Å²) in [4.78, 5) is 21.5. The van der Waals surface area contributed by atoms with Crippen molar-refractivity contribution in [2.75, 3.05) is 6.61 Å². The Kier molecular flexibility index (Phi) is 5.18. The third-order valence-electron chi connectivity index (χ3n) is 2.78. The van der Waals surface area contributed by atoms with E-state index in [-0.39, 0.29) is 34.4 Å². The molecule has 2 aromatic carbocycles. The largest absolute Gasteiger partial charge is 0.482 e. The lowest BCUT2D eigenvalue weighted by Gasteiger charge is -2.12. The molecule has 116 valence electrons. The highest BCUT2D eigenvalue weighted by atomic mass is 35.5. The zero-order valence-electron chi connectivity index (χ0n) is 11.8. The van der Waals surface area contributed by atoms with E-state index in [1.807, 2.05) is 6.07 Å². The van der Waals surface area contributed by atoms with Crippen molar-refractivity contribution in [2.45, 2.75) is 0 Å². The van der Waals surface area contributed by atoms with Gasteiger partial charge in [-0.05, 0) is 30.3 Å². The molecule has 0 saturated heterocycles. The minimum Gasteiger partial charge on any atom is -0.482 e. The summed E-state index contributed by atoms with van der Waals surface area (Å²) in [6, 6.07) is 11.1. The van der Waals surface area contributed by atoms with E-state index >= 15 is 0 Å². The van der Waals surface area contributed by atoms with Crippen LogP contribution >= 0.6 is 11.6 Å². The van der Waals surface area contributed by atoms with Crippen LogP contribution in [-0.2, 0) is 4.79 Å². The molecule has 2 N–H and O–H groups in total. The first-order chi connectivity index (χ1) is 11.0. The van der Waals surface area contributed by atoms with Crippen LogP contribution in [0.2, 0.25) is 5.02 Å². The minimum absolute atomic E-state index is 0.101. The fourth-order valence-corrected chi connectivity index (χ4v) is 1.99. The van der Waals surface area contributed by atoms with E-state index in [1.165, 1.54) is 24.3 Å². The fourth-order valence-electron chi connectivity index (χ4n) is 1.77. The van der Waals surface area contributed by atoms with E-state index in [0.29, 0.717) is 11.8 Å². The second kappa shape index (κ2) is 7.29. The van der Waals surface area contributed by atoms with Crippen LogP contribution in [0.3, 0.4) is 0 Å². The summed E-state index contributed by atoms with van der Waals surface area (Å²) in [5, 5.41) is 9.51. The van der Waals surface area contributed by atoms with Crippen LogP contribution in [0.4, 0.5) is 0 Å². The summed E-state index contributed by atoms with van der Waals surface area (Å²) in [7, 11) is 0. The Balaban J connectivity index is 2.33. The Labute approximate surface area is 137 Å². The molecule has 0 bridgehead atoms. The van der Waals surface area contributed by atoms with Gasteiger partial charge in [-0.2, -0.15) is 5.26 Å². The first-order valence-electron chi connectivity index (χ1n) is 6.42. The Morgan fingerprint density at radius 3 is 2.61 bits per heavy atom. The van der Waals surface area contributed by atoms with E-state index in [9.17, 15) is 14.9 Å². The quantitative estimate of drug-likeness (QED) is 0.820. The molecule has 0 atom stereocenters. The summed E-state index contributed by atoms with van der Waals surface area (Å²) in [6.07, 6.45) is 0.661. The number of hydrogen-bond acceptors (Lipinski definition) is 5. The van der Waals surface area contributed by atoms with Crippen molar-refractivity contribution in [1.82, 2.24) is 0 Å². The van der Waals surface area contributed by atoms with Crippen molar-refractivity contribution in [3.05, 3.63) is 52.5 Å². The van der Waals surface area contributed by atoms with Crippen molar-refractivity contribution in [1.29, 1.82) is 5.26 Å². The number of rotatable bonds is 6. The van der Waals surface area contributed by atoms with Gasteiger partial charge in [0, 0.05) is 5.56 Å². The molecule has 2 aromatic rings. The van der Waals surface area contributed by atoms with Gasteiger partial charge in [-0.15, -0.1) is 0 Å². The molecule has 0 aliphatic carbocycles. The molecule has 6 nitrogen and oxygen atoms in total. The highest BCUT2D eigenvalue weighted by Gasteiger charge is 2.13. The van der Waals surface area contributed by atoms with Crippen LogP contribution in [0.5, 0.6) is 17.2 Å². The number of aldehydes is 1. The number of nitriles is 1. The van der Waals surface area contributed by atoms with Crippen LogP contribution < -0.4 is 15.2 Å². The topological polar surface area (TPSA) is 102 Å². The molecular weight excluding hydrogens is 320 g/mol. The lowest BCUT2D eigenvalue weighted by Crippen LogP contribution is -2.20. The highest BCUT2D eigenvalue weighted by Crippen LogP contribution is 2.34. The predicted octanol–water partition coefficient (Wildman–Crippen LogP) is 2.68. The maximum absolute atomic E-state index is 10.8. The van der Waals surface area contributed by atoms with Gasteiger partial charge >= 0.3 is 0 Å². The van der Waals surface area contributed by atoms with E-state index in [2.05, 4.69) is 0 Å². The molecule has 0 fully saturated rings. The van der Waals surface area contributed by atoms with Crippen LogP contribution in [0.1, 0.15) is 15.9 Å². The first kappa shape index (κ1) is 16.3. The van der Waals surface area contributed by atoms with Gasteiger partial charge in [-0.1, -0.05) is 17.7 Å². The van der Waals surface area contributed by atoms with Gasteiger partial charge < -0.3 is 15.2 Å². The number of nitrogens with zero attached hydrogens (tertiary/aromatic N) is 1. The van der Waals surface area contributed by atoms with E-state index in [1.54, 1.807) is 12.1 Å². The number of amides is 1. The standard InChI is InChI=1S/C16H11ClN2O4/c17-12-6-10(8-20)4-5-15(12)23-14-3-1-2-13(11(14)7-18)22-9-16(19)21/h1-6,8H,9H2,(H2,19,21). The fraction of sp³-hybridized carbons (Fsp3) is 0.0625. The third-order valence-corrected chi connectivity index (χ3v) is 3.08. The maximum Gasteiger partial charge on any atom is 0.255 e. The summed E-state index contributed by atoms with van der Waals surface area (Å²) in [6.45, 7) is -0.354. The molecule has 1 amide bonds. The van der Waals surface area contributed by atoms with Crippen LogP contribution in [0.15, 0.2) is 36.4 Å². The molecule has 0 aliphatic rings. The minimum atomic E-state index is -0.660. The summed E-state index contributed by atoms with van der Waals surface area (Å²) >= 11 is 6.04. The molecule has 23 heavy (non-hydrogen) atoms. The molecule has 0 heterocycles. The number of hydrogen-bond donors (Lipinski definition) is 1. The van der Waals surface area contributed by atoms with Crippen LogP contribution in [0, 0.1) is 11.3 Å². The lowest BCUT2D eigenvalue weighted by atomic mass is 10.2. The number of primary amides is 1. The number of carbonyl (C=O) groups excluding carboxylic acids is 2. The van der Waals surface area contributed by atoms with E-state index in [4.69, 9.17) is 26.8 Å². The number of benzene rings is 2. The number of ether oxygens (including phenoxy) is 2. The summed E-state index contributed by atoms with van der Waals surface area (Å²) in [5.74, 6) is -0.00631. The zero-order chi connectivity index (χ0) is 16.8. The van der Waals surface area contributed by atoms with Gasteiger partial charge in [0.2, 0.25) is 0 Å². The SMILES string of the molecule is N#Cc1c(OCC(N)=O)cccc1Oc1ccc(C=O)cc1Cl. The molecular formula is C16H11ClN2O4. The number of nitrogens with two attached hydrogens (primary N) is 1. The van der Waals surface area contributed by atoms with Crippen molar-refractivity contribution in [3.63, 3.8) is 0 Å². The second-order valence-corrected chi connectivity index (χ2v) is 4.81.